The van der Waals surface area contributed by atoms with E-state index in [4.69, 9.17) is 0 Å². The number of hydrogen-bond donors (Lipinski definition) is 0. The Morgan fingerprint density at radius 3 is 2.43 bits per heavy atom. The summed E-state index contributed by atoms with van der Waals surface area (Å²) in [7, 11) is 0. The second-order valence-electron chi connectivity index (χ2n) is 6.61. The van der Waals surface area contributed by atoms with E-state index in [2.05, 4.69) is 52.9 Å². The van der Waals surface area contributed by atoms with Crippen molar-refractivity contribution in [2.75, 3.05) is 31.1 Å². The van der Waals surface area contributed by atoms with Crippen molar-refractivity contribution in [2.24, 2.45) is 0 Å². The van der Waals surface area contributed by atoms with Crippen LogP contribution >= 0.6 is 11.5 Å². The smallest absolute Gasteiger partial charge is 0.205 e. The average molecular weight is 307 g/mol. The number of anilines is 1. The molecule has 2 rings (SSSR count). The highest BCUT2D eigenvalue weighted by Gasteiger charge is 2.26. The first-order chi connectivity index (χ1) is 9.95. The second-order valence-corrected chi connectivity index (χ2v) is 7.34. The van der Waals surface area contributed by atoms with Crippen LogP contribution in [0.15, 0.2) is 0 Å². The lowest BCUT2D eigenvalue weighted by atomic mass is 9.96. The first kappa shape index (κ1) is 16.2. The summed E-state index contributed by atoms with van der Waals surface area (Å²) in [6.07, 6.45) is 2.02. The minimum absolute atomic E-state index is 0.00357. The van der Waals surface area contributed by atoms with Crippen LogP contribution in [0, 0.1) is 11.3 Å². The molecule has 1 atom stereocenters. The first-order valence-electron chi connectivity index (χ1n) is 7.68. The van der Waals surface area contributed by atoms with Gasteiger partial charge in [0.25, 0.3) is 0 Å². The van der Waals surface area contributed by atoms with Crippen LogP contribution in [0.4, 0.5) is 5.13 Å². The van der Waals surface area contributed by atoms with E-state index >= 15 is 0 Å². The largest absolute Gasteiger partial charge is 0.344 e. The van der Waals surface area contributed by atoms with Crippen molar-refractivity contribution >= 4 is 16.7 Å². The van der Waals surface area contributed by atoms with Crippen molar-refractivity contribution in [1.29, 1.82) is 5.26 Å². The third-order valence-electron chi connectivity index (χ3n) is 3.82. The molecular weight excluding hydrogens is 282 g/mol. The van der Waals surface area contributed by atoms with Gasteiger partial charge >= 0.3 is 0 Å². The van der Waals surface area contributed by atoms with Crippen LogP contribution in [0.5, 0.6) is 0 Å². The molecule has 1 aliphatic heterocycles. The molecule has 0 aliphatic carbocycles. The normalized spacial score (nSPS) is 18.5. The molecule has 21 heavy (non-hydrogen) atoms. The van der Waals surface area contributed by atoms with E-state index < -0.39 is 0 Å². The zero-order valence-corrected chi connectivity index (χ0v) is 14.3. The van der Waals surface area contributed by atoms with Gasteiger partial charge in [-0.25, -0.2) is 4.98 Å². The van der Waals surface area contributed by atoms with Gasteiger partial charge in [0.15, 0.2) is 0 Å². The van der Waals surface area contributed by atoms with Crippen LogP contribution in [0.1, 0.15) is 46.4 Å². The fourth-order valence-corrected chi connectivity index (χ4v) is 3.38. The van der Waals surface area contributed by atoms with Crippen molar-refractivity contribution in [3.05, 3.63) is 5.82 Å². The lowest BCUT2D eigenvalue weighted by Crippen LogP contribution is -2.50. The molecule has 0 N–H and O–H groups in total. The number of rotatable bonds is 4. The zero-order valence-electron chi connectivity index (χ0n) is 13.5. The average Bonchev–Trinajstić information content (AvgIpc) is 2.95. The Labute approximate surface area is 131 Å². The van der Waals surface area contributed by atoms with Gasteiger partial charge in [0.1, 0.15) is 5.82 Å². The maximum absolute atomic E-state index is 9.26. The van der Waals surface area contributed by atoms with Crippen LogP contribution in [-0.2, 0) is 5.41 Å². The zero-order chi connectivity index (χ0) is 15.5. The van der Waals surface area contributed by atoms with Crippen LogP contribution in [0.2, 0.25) is 0 Å². The molecule has 6 heteroatoms. The number of aromatic nitrogens is 2. The molecule has 0 amide bonds. The number of piperazine rings is 1. The monoisotopic (exact) mass is 307 g/mol. The lowest BCUT2D eigenvalue weighted by molar-refractivity contribution is 0.211. The predicted molar refractivity (Wildman–Crippen MR) is 86.7 cm³/mol. The summed E-state index contributed by atoms with van der Waals surface area (Å²) in [5.74, 6) is 0.922. The van der Waals surface area contributed by atoms with Gasteiger partial charge in [-0.2, -0.15) is 9.64 Å². The van der Waals surface area contributed by atoms with E-state index in [-0.39, 0.29) is 11.5 Å². The summed E-state index contributed by atoms with van der Waals surface area (Å²) in [5, 5.41) is 10.3. The predicted octanol–water partition coefficient (Wildman–Crippen LogP) is 2.65. The van der Waals surface area contributed by atoms with E-state index in [9.17, 15) is 5.26 Å². The Bertz CT molecular complexity index is 491. The second kappa shape index (κ2) is 6.71. The first-order valence-corrected chi connectivity index (χ1v) is 8.46. The van der Waals surface area contributed by atoms with Gasteiger partial charge in [0.2, 0.25) is 5.13 Å². The van der Waals surface area contributed by atoms with Crippen molar-refractivity contribution < 1.29 is 0 Å². The summed E-state index contributed by atoms with van der Waals surface area (Å²) in [6.45, 7) is 12.3. The van der Waals surface area contributed by atoms with E-state index in [0.717, 1.165) is 50.0 Å². The van der Waals surface area contributed by atoms with E-state index in [1.54, 1.807) is 0 Å². The van der Waals surface area contributed by atoms with Gasteiger partial charge < -0.3 is 4.90 Å². The highest BCUT2D eigenvalue weighted by Crippen LogP contribution is 2.26. The van der Waals surface area contributed by atoms with Gasteiger partial charge in [-0.1, -0.05) is 34.1 Å². The Hall–Kier alpha value is -1.19. The maximum atomic E-state index is 9.26. The summed E-state index contributed by atoms with van der Waals surface area (Å²) in [6, 6.07) is 2.50. The van der Waals surface area contributed by atoms with Crippen molar-refractivity contribution in [1.82, 2.24) is 14.3 Å². The molecular formula is C15H25N5S. The maximum Gasteiger partial charge on any atom is 0.205 e. The minimum Gasteiger partial charge on any atom is -0.344 e. The Kier molecular flexibility index (Phi) is 5.17. The van der Waals surface area contributed by atoms with Crippen molar-refractivity contribution in [2.45, 2.75) is 52.0 Å². The molecule has 1 aliphatic rings. The third kappa shape index (κ3) is 3.92. The van der Waals surface area contributed by atoms with E-state index in [1.807, 2.05) is 0 Å². The Morgan fingerprint density at radius 2 is 1.95 bits per heavy atom. The molecule has 1 saturated heterocycles. The molecule has 0 radical (unpaired) electrons. The van der Waals surface area contributed by atoms with Crippen LogP contribution in [0.25, 0.3) is 0 Å². The quantitative estimate of drug-likeness (QED) is 0.856. The number of nitriles is 1. The molecule has 0 saturated carbocycles. The summed E-state index contributed by atoms with van der Waals surface area (Å²) < 4.78 is 4.49. The summed E-state index contributed by atoms with van der Waals surface area (Å²) >= 11 is 1.49. The lowest BCUT2D eigenvalue weighted by Gasteiger charge is -2.36. The topological polar surface area (TPSA) is 56.1 Å². The molecule has 1 aromatic heterocycles. The summed E-state index contributed by atoms with van der Waals surface area (Å²) in [4.78, 5) is 9.27. The molecule has 0 bridgehead atoms. The van der Waals surface area contributed by atoms with Crippen LogP contribution in [0.3, 0.4) is 0 Å². The van der Waals surface area contributed by atoms with Gasteiger partial charge in [0.05, 0.1) is 12.1 Å². The molecule has 0 spiro atoms. The standard InChI is InChI=1S/C15H25N5S/c1-5-6-12(11-16)19-7-9-20(10-8-19)14-17-13(18-21-14)15(2,3)4/h12H,5-10H2,1-4H3. The van der Waals surface area contributed by atoms with Crippen molar-refractivity contribution in [3.63, 3.8) is 0 Å². The van der Waals surface area contributed by atoms with Gasteiger partial charge in [0, 0.05) is 43.1 Å². The third-order valence-corrected chi connectivity index (χ3v) is 4.60. The summed E-state index contributed by atoms with van der Waals surface area (Å²) in [5.41, 5.74) is 0.00357. The Balaban J connectivity index is 1.95. The SMILES string of the molecule is CCCC(C#N)N1CCN(c2nc(C(C)(C)C)ns2)CC1. The molecule has 0 aromatic carbocycles. The number of hydrogen-bond acceptors (Lipinski definition) is 6. The molecule has 116 valence electrons. The minimum atomic E-state index is 0.00357. The molecule has 2 heterocycles. The van der Waals surface area contributed by atoms with Crippen LogP contribution in [-0.4, -0.2) is 46.5 Å². The van der Waals surface area contributed by atoms with Crippen molar-refractivity contribution in [3.8, 4) is 6.07 Å². The highest BCUT2D eigenvalue weighted by molar-refractivity contribution is 7.09. The number of nitrogens with zero attached hydrogens (tertiary/aromatic N) is 5. The van der Waals surface area contributed by atoms with Crippen LogP contribution < -0.4 is 4.90 Å². The van der Waals surface area contributed by atoms with E-state index in [1.165, 1.54) is 11.5 Å². The molecule has 1 aromatic rings. The Morgan fingerprint density at radius 1 is 1.29 bits per heavy atom. The molecule has 1 fully saturated rings. The van der Waals surface area contributed by atoms with E-state index in [0.29, 0.717) is 0 Å². The fourth-order valence-electron chi connectivity index (χ4n) is 2.48. The van der Waals surface area contributed by atoms with Gasteiger partial charge in [-0.05, 0) is 6.42 Å². The molecule has 1 unspecified atom stereocenters. The van der Waals surface area contributed by atoms with Gasteiger partial charge in [-0.3, -0.25) is 4.90 Å². The molecule has 5 nitrogen and oxygen atoms in total. The van der Waals surface area contributed by atoms with Gasteiger partial charge in [-0.15, -0.1) is 0 Å². The fraction of sp³-hybridized carbons (Fsp3) is 0.800. The highest BCUT2D eigenvalue weighted by atomic mass is 32.1.